The third-order valence-corrected chi connectivity index (χ3v) is 2.56. The molecule has 0 N–H and O–H groups in total. The van der Waals surface area contributed by atoms with Crippen molar-refractivity contribution in [2.45, 2.75) is 6.92 Å². The first-order valence-corrected chi connectivity index (χ1v) is 5.30. The molecular formula is C12H10ClNO3. The number of esters is 1. The molecule has 0 amide bonds. The number of benzene rings is 1. The summed E-state index contributed by atoms with van der Waals surface area (Å²) >= 11 is 6.04. The molecule has 0 aliphatic heterocycles. The van der Waals surface area contributed by atoms with Gasteiger partial charge in [0.2, 0.25) is 0 Å². The summed E-state index contributed by atoms with van der Waals surface area (Å²) in [6, 6.07) is 5.00. The number of nitrogens with zero attached hydrogens (tertiary/aromatic N) is 1. The van der Waals surface area contributed by atoms with Crippen LogP contribution in [0.2, 0.25) is 5.02 Å². The minimum absolute atomic E-state index is 0.336. The van der Waals surface area contributed by atoms with Gasteiger partial charge in [-0.15, -0.1) is 0 Å². The van der Waals surface area contributed by atoms with Gasteiger partial charge in [0.15, 0.2) is 11.5 Å². The minimum atomic E-state index is -0.414. The molecule has 0 bridgehead atoms. The van der Waals surface area contributed by atoms with Crippen molar-refractivity contribution < 1.29 is 14.3 Å². The van der Waals surface area contributed by atoms with Crippen LogP contribution in [0.3, 0.4) is 0 Å². The molecule has 0 unspecified atom stereocenters. The number of carbonyl (C=O) groups is 1. The molecule has 0 atom stereocenters. The molecule has 1 aromatic heterocycles. The maximum atomic E-state index is 11.0. The maximum Gasteiger partial charge on any atom is 0.308 e. The molecule has 5 heteroatoms. The van der Waals surface area contributed by atoms with Crippen molar-refractivity contribution in [2.75, 3.05) is 7.11 Å². The molecule has 0 aliphatic rings. The number of hydrogen-bond donors (Lipinski definition) is 0. The normalized spacial score (nSPS) is 10.3. The van der Waals surface area contributed by atoms with Crippen molar-refractivity contribution in [3.63, 3.8) is 0 Å². The first-order valence-electron chi connectivity index (χ1n) is 4.92. The second-order valence-electron chi connectivity index (χ2n) is 3.41. The topological polar surface area (TPSA) is 48.4 Å². The Morgan fingerprint density at radius 3 is 2.76 bits per heavy atom. The average Bonchev–Trinajstić information content (AvgIpc) is 2.29. The van der Waals surface area contributed by atoms with Crippen molar-refractivity contribution in [1.82, 2.24) is 4.98 Å². The van der Waals surface area contributed by atoms with Crippen LogP contribution in [0.5, 0.6) is 11.5 Å². The Kier molecular flexibility index (Phi) is 3.15. The van der Waals surface area contributed by atoms with Crippen LogP contribution in [0, 0.1) is 0 Å². The lowest BCUT2D eigenvalue weighted by Crippen LogP contribution is -2.03. The van der Waals surface area contributed by atoms with Gasteiger partial charge in [0, 0.05) is 24.6 Å². The van der Waals surface area contributed by atoms with E-state index < -0.39 is 5.97 Å². The highest BCUT2D eigenvalue weighted by Gasteiger charge is 2.11. The fourth-order valence-corrected chi connectivity index (χ4v) is 1.72. The first-order chi connectivity index (χ1) is 8.11. The number of methoxy groups -OCH3 is 1. The first kappa shape index (κ1) is 11.7. The summed E-state index contributed by atoms with van der Waals surface area (Å²) in [7, 11) is 1.50. The minimum Gasteiger partial charge on any atom is -0.493 e. The highest BCUT2D eigenvalue weighted by atomic mass is 35.5. The van der Waals surface area contributed by atoms with E-state index in [0.29, 0.717) is 27.4 Å². The largest absolute Gasteiger partial charge is 0.493 e. The number of fused-ring (bicyclic) bond motifs is 1. The van der Waals surface area contributed by atoms with Gasteiger partial charge in [0.1, 0.15) is 0 Å². The van der Waals surface area contributed by atoms with Crippen molar-refractivity contribution in [3.05, 3.63) is 29.4 Å². The molecule has 0 fully saturated rings. The van der Waals surface area contributed by atoms with Crippen molar-refractivity contribution >= 4 is 28.5 Å². The van der Waals surface area contributed by atoms with E-state index in [1.54, 1.807) is 24.4 Å². The van der Waals surface area contributed by atoms with Gasteiger partial charge in [0.25, 0.3) is 0 Å². The lowest BCUT2D eigenvalue weighted by atomic mass is 10.2. The van der Waals surface area contributed by atoms with Crippen LogP contribution < -0.4 is 9.47 Å². The molecule has 88 valence electrons. The Morgan fingerprint density at radius 2 is 2.12 bits per heavy atom. The highest BCUT2D eigenvalue weighted by Crippen LogP contribution is 2.34. The smallest absolute Gasteiger partial charge is 0.308 e. The molecular weight excluding hydrogens is 242 g/mol. The molecule has 4 nitrogen and oxygen atoms in total. The molecule has 2 aromatic rings. The third kappa shape index (κ3) is 2.31. The zero-order valence-electron chi connectivity index (χ0n) is 9.36. The molecule has 0 saturated carbocycles. The van der Waals surface area contributed by atoms with E-state index in [-0.39, 0.29) is 0 Å². The number of carbonyl (C=O) groups excluding carboxylic acids is 1. The summed E-state index contributed by atoms with van der Waals surface area (Å²) in [5.41, 5.74) is 0.685. The van der Waals surface area contributed by atoms with Crippen LogP contribution in [0.1, 0.15) is 6.92 Å². The van der Waals surface area contributed by atoms with Crippen molar-refractivity contribution in [1.29, 1.82) is 0 Å². The number of aromatic nitrogens is 1. The summed E-state index contributed by atoms with van der Waals surface area (Å²) in [5.74, 6) is 0.368. The number of halogens is 1. The van der Waals surface area contributed by atoms with Gasteiger partial charge < -0.3 is 9.47 Å². The second-order valence-corrected chi connectivity index (χ2v) is 3.81. The second kappa shape index (κ2) is 4.59. The lowest BCUT2D eigenvalue weighted by molar-refractivity contribution is -0.131. The third-order valence-electron chi connectivity index (χ3n) is 2.23. The summed E-state index contributed by atoms with van der Waals surface area (Å²) in [6.45, 7) is 1.33. The van der Waals surface area contributed by atoms with E-state index >= 15 is 0 Å². The van der Waals surface area contributed by atoms with Crippen molar-refractivity contribution in [2.24, 2.45) is 0 Å². The Balaban J connectivity index is 2.65. The standard InChI is InChI=1S/C12H10ClNO3/c1-7(15)17-12-5-8-9(13)3-4-14-10(8)6-11(12)16-2/h3-6H,1-2H3. The van der Waals surface area contributed by atoms with Gasteiger partial charge in [-0.25, -0.2) is 0 Å². The fraction of sp³-hybridized carbons (Fsp3) is 0.167. The molecule has 0 saturated heterocycles. The predicted molar refractivity (Wildman–Crippen MR) is 64.6 cm³/mol. The number of ether oxygens (including phenoxy) is 2. The van der Waals surface area contributed by atoms with Crippen LogP contribution in [0.15, 0.2) is 24.4 Å². The molecule has 0 spiro atoms. The van der Waals surface area contributed by atoms with Gasteiger partial charge in [-0.1, -0.05) is 11.6 Å². The van der Waals surface area contributed by atoms with Gasteiger partial charge >= 0.3 is 5.97 Å². The maximum absolute atomic E-state index is 11.0. The highest BCUT2D eigenvalue weighted by molar-refractivity contribution is 6.35. The molecule has 17 heavy (non-hydrogen) atoms. The average molecular weight is 252 g/mol. The van der Waals surface area contributed by atoms with Gasteiger partial charge in [0.05, 0.1) is 17.6 Å². The zero-order valence-corrected chi connectivity index (χ0v) is 10.1. The Morgan fingerprint density at radius 1 is 1.35 bits per heavy atom. The van der Waals surface area contributed by atoms with E-state index in [9.17, 15) is 4.79 Å². The van der Waals surface area contributed by atoms with Gasteiger partial charge in [-0.2, -0.15) is 0 Å². The Bertz CT molecular complexity index is 583. The van der Waals surface area contributed by atoms with Crippen LogP contribution in [0.4, 0.5) is 0 Å². The summed E-state index contributed by atoms with van der Waals surface area (Å²) in [5, 5.41) is 1.26. The molecule has 1 heterocycles. The van der Waals surface area contributed by atoms with E-state index in [1.807, 2.05) is 0 Å². The summed E-state index contributed by atoms with van der Waals surface area (Å²) in [6.07, 6.45) is 1.61. The fourth-order valence-electron chi connectivity index (χ4n) is 1.51. The number of rotatable bonds is 2. The van der Waals surface area contributed by atoms with Crippen LogP contribution in [-0.2, 0) is 4.79 Å². The van der Waals surface area contributed by atoms with E-state index in [1.165, 1.54) is 14.0 Å². The SMILES string of the molecule is COc1cc2nccc(Cl)c2cc1OC(C)=O. The molecule has 0 radical (unpaired) electrons. The van der Waals surface area contributed by atoms with Crippen LogP contribution in [0.25, 0.3) is 10.9 Å². The van der Waals surface area contributed by atoms with E-state index in [4.69, 9.17) is 21.1 Å². The number of hydrogen-bond acceptors (Lipinski definition) is 4. The van der Waals surface area contributed by atoms with Crippen LogP contribution >= 0.6 is 11.6 Å². The Labute approximate surface area is 103 Å². The molecule has 1 aromatic carbocycles. The summed E-state index contributed by atoms with van der Waals surface area (Å²) < 4.78 is 10.2. The summed E-state index contributed by atoms with van der Waals surface area (Å²) in [4.78, 5) is 15.1. The zero-order chi connectivity index (χ0) is 12.4. The predicted octanol–water partition coefficient (Wildman–Crippen LogP) is 2.82. The molecule has 0 aliphatic carbocycles. The quantitative estimate of drug-likeness (QED) is 0.608. The monoisotopic (exact) mass is 251 g/mol. The molecule has 2 rings (SSSR count). The lowest BCUT2D eigenvalue weighted by Gasteiger charge is -2.09. The van der Waals surface area contributed by atoms with Gasteiger partial charge in [-0.05, 0) is 12.1 Å². The Hall–Kier alpha value is -1.81. The van der Waals surface area contributed by atoms with Gasteiger partial charge in [-0.3, -0.25) is 9.78 Å². The van der Waals surface area contributed by atoms with E-state index in [0.717, 1.165) is 0 Å². The van der Waals surface area contributed by atoms with Crippen molar-refractivity contribution in [3.8, 4) is 11.5 Å². The number of pyridine rings is 1. The van der Waals surface area contributed by atoms with Crippen LogP contribution in [-0.4, -0.2) is 18.1 Å². The van der Waals surface area contributed by atoms with E-state index in [2.05, 4.69) is 4.98 Å².